The first-order valence-electron chi connectivity index (χ1n) is 11.0. The Morgan fingerprint density at radius 1 is 1.24 bits per heavy atom. The quantitative estimate of drug-likeness (QED) is 0.565. The van der Waals surface area contributed by atoms with Crippen LogP contribution in [0, 0.1) is 11.3 Å². The van der Waals surface area contributed by atoms with Crippen molar-refractivity contribution in [2.75, 3.05) is 30.4 Å². The summed E-state index contributed by atoms with van der Waals surface area (Å²) in [4.78, 5) is 13.4. The first kappa shape index (κ1) is 22.7. The summed E-state index contributed by atoms with van der Waals surface area (Å²) in [5.74, 6) is 1.33. The van der Waals surface area contributed by atoms with Gasteiger partial charge < -0.3 is 15.0 Å². The molecule has 34 heavy (non-hydrogen) atoms. The van der Waals surface area contributed by atoms with Gasteiger partial charge in [-0.3, -0.25) is 4.90 Å². The number of nitrogens with zero attached hydrogens (tertiary/aromatic N) is 5. The molecular weight excluding hydrogens is 465 g/mol. The van der Waals surface area contributed by atoms with Crippen LogP contribution in [0.15, 0.2) is 30.6 Å². The highest BCUT2D eigenvalue weighted by Crippen LogP contribution is 2.37. The van der Waals surface area contributed by atoms with Gasteiger partial charge in [-0.2, -0.15) is 18.4 Å². The molecule has 5 rings (SSSR count). The van der Waals surface area contributed by atoms with Gasteiger partial charge >= 0.3 is 6.18 Å². The number of benzene rings is 1. The van der Waals surface area contributed by atoms with E-state index in [0.717, 1.165) is 60.8 Å². The number of likely N-dealkylation sites (tertiary alicyclic amines) is 1. The number of rotatable bonds is 5. The van der Waals surface area contributed by atoms with E-state index in [2.05, 4.69) is 32.3 Å². The van der Waals surface area contributed by atoms with Crippen molar-refractivity contribution in [3.8, 4) is 11.8 Å². The Morgan fingerprint density at radius 2 is 2.03 bits per heavy atom. The second-order valence-corrected chi connectivity index (χ2v) is 9.77. The van der Waals surface area contributed by atoms with Crippen molar-refractivity contribution in [3.63, 3.8) is 0 Å². The van der Waals surface area contributed by atoms with Gasteiger partial charge in [0.1, 0.15) is 28.8 Å². The van der Waals surface area contributed by atoms with Crippen LogP contribution in [0.1, 0.15) is 23.3 Å². The van der Waals surface area contributed by atoms with Gasteiger partial charge in [0, 0.05) is 37.6 Å². The zero-order chi connectivity index (χ0) is 23.9. The second kappa shape index (κ2) is 8.92. The van der Waals surface area contributed by atoms with E-state index < -0.39 is 18.8 Å². The molecule has 3 aromatic rings. The summed E-state index contributed by atoms with van der Waals surface area (Å²) in [5, 5.41) is 13.3. The van der Waals surface area contributed by atoms with E-state index >= 15 is 0 Å². The first-order chi connectivity index (χ1) is 16.3. The first-order valence-corrected chi connectivity index (χ1v) is 11.8. The molecule has 0 saturated carbocycles. The monoisotopic (exact) mass is 488 g/mol. The molecule has 4 heterocycles. The van der Waals surface area contributed by atoms with Gasteiger partial charge in [-0.15, -0.1) is 11.3 Å². The number of thiophene rings is 1. The number of fused-ring (bicyclic) bond motifs is 2. The molecule has 7 nitrogen and oxygen atoms in total. The van der Waals surface area contributed by atoms with Gasteiger partial charge in [0.25, 0.3) is 6.23 Å². The van der Waals surface area contributed by atoms with Gasteiger partial charge in [-0.05, 0) is 36.6 Å². The Labute approximate surface area is 198 Å². The predicted molar refractivity (Wildman–Crippen MR) is 124 cm³/mol. The molecule has 1 atom stereocenters. The molecule has 0 aliphatic carbocycles. The minimum Gasteiger partial charge on any atom is -0.455 e. The van der Waals surface area contributed by atoms with Crippen LogP contribution in [0.4, 0.5) is 24.7 Å². The van der Waals surface area contributed by atoms with E-state index in [-0.39, 0.29) is 10.9 Å². The summed E-state index contributed by atoms with van der Waals surface area (Å²) in [6.07, 6.45) is -2.59. The lowest BCUT2D eigenvalue weighted by Crippen LogP contribution is -2.38. The molecule has 1 N–H and O–H groups in total. The van der Waals surface area contributed by atoms with Crippen molar-refractivity contribution in [2.24, 2.45) is 0 Å². The summed E-state index contributed by atoms with van der Waals surface area (Å²) >= 11 is 1.06. The van der Waals surface area contributed by atoms with Gasteiger partial charge in [-0.1, -0.05) is 6.07 Å². The van der Waals surface area contributed by atoms with E-state index in [1.54, 1.807) is 6.07 Å². The Balaban J connectivity index is 1.19. The molecule has 2 aliphatic rings. The maximum absolute atomic E-state index is 12.8. The molecule has 0 bridgehead atoms. The van der Waals surface area contributed by atoms with Crippen LogP contribution < -0.4 is 15.0 Å². The normalized spacial score (nSPS) is 19.1. The average Bonchev–Trinajstić information content (AvgIpc) is 3.34. The smallest absolute Gasteiger partial charge is 0.393 e. The number of piperidine rings is 1. The largest absolute Gasteiger partial charge is 0.455 e. The molecule has 1 aromatic carbocycles. The number of hydrogen-bond acceptors (Lipinski definition) is 8. The molecule has 2 aromatic heterocycles. The van der Waals surface area contributed by atoms with Crippen LogP contribution in [0.25, 0.3) is 10.2 Å². The van der Waals surface area contributed by atoms with Crippen LogP contribution in [0.3, 0.4) is 0 Å². The Kier molecular flexibility index (Phi) is 5.95. The van der Waals surface area contributed by atoms with E-state index in [4.69, 9.17) is 4.74 Å². The third-order valence-corrected chi connectivity index (χ3v) is 7.24. The van der Waals surface area contributed by atoms with Gasteiger partial charge in [0.2, 0.25) is 0 Å². The minimum absolute atomic E-state index is 0.189. The lowest BCUT2D eigenvalue weighted by molar-refractivity contribution is -0.126. The van der Waals surface area contributed by atoms with Crippen LogP contribution in [-0.2, 0) is 13.0 Å². The van der Waals surface area contributed by atoms with Crippen LogP contribution in [0.5, 0.6) is 5.75 Å². The third kappa shape index (κ3) is 4.74. The van der Waals surface area contributed by atoms with Gasteiger partial charge in [0.15, 0.2) is 0 Å². The molecule has 178 valence electrons. The fourth-order valence-corrected chi connectivity index (χ4v) is 5.50. The van der Waals surface area contributed by atoms with E-state index in [0.29, 0.717) is 16.0 Å². The van der Waals surface area contributed by atoms with Crippen molar-refractivity contribution < 1.29 is 17.9 Å². The zero-order valence-electron chi connectivity index (χ0n) is 18.5. The molecule has 1 fully saturated rings. The standard InChI is InChI=1S/C23H23F3N6OS/c1-31-18-3-2-14(8-19(18)33-20(31)11-27)12-32-6-4-15(5-7-32)30-21-17-9-16(10-23(24,25)26)34-22(17)29-13-28-21/h2-3,8-9,13,15,20H,4-7,10,12H2,1H3,(H,28,29,30). The van der Waals surface area contributed by atoms with E-state index in [1.807, 2.05) is 24.1 Å². The fourth-order valence-electron chi connectivity index (χ4n) is 4.47. The molecular formula is C23H23F3N6OS. The third-order valence-electron chi connectivity index (χ3n) is 6.19. The lowest BCUT2D eigenvalue weighted by Gasteiger charge is -2.32. The van der Waals surface area contributed by atoms with Crippen molar-refractivity contribution in [3.05, 3.63) is 41.0 Å². The molecule has 0 spiro atoms. The predicted octanol–water partition coefficient (Wildman–Crippen LogP) is 4.55. The van der Waals surface area contributed by atoms with Crippen molar-refractivity contribution >= 4 is 33.1 Å². The number of hydrogen-bond donors (Lipinski definition) is 1. The Morgan fingerprint density at radius 3 is 2.76 bits per heavy atom. The van der Waals surface area contributed by atoms with Crippen LogP contribution in [-0.4, -0.2) is 53.5 Å². The summed E-state index contributed by atoms with van der Waals surface area (Å²) in [7, 11) is 1.84. The maximum Gasteiger partial charge on any atom is 0.393 e. The minimum atomic E-state index is -4.24. The summed E-state index contributed by atoms with van der Waals surface area (Å²) in [6.45, 7) is 2.55. The Bertz CT molecular complexity index is 1230. The summed E-state index contributed by atoms with van der Waals surface area (Å²) in [5.41, 5.74) is 2.05. The molecule has 0 radical (unpaired) electrons. The SMILES string of the molecule is CN1c2ccc(CN3CCC(Nc4ncnc5sc(CC(F)(F)F)cc45)CC3)cc2OC1C#N. The zero-order valence-corrected chi connectivity index (χ0v) is 19.3. The highest BCUT2D eigenvalue weighted by molar-refractivity contribution is 7.18. The van der Waals surface area contributed by atoms with Crippen molar-refractivity contribution in [1.29, 1.82) is 5.26 Å². The fraction of sp³-hybridized carbons (Fsp3) is 0.435. The molecule has 1 saturated heterocycles. The van der Waals surface area contributed by atoms with Crippen LogP contribution >= 0.6 is 11.3 Å². The average molecular weight is 489 g/mol. The van der Waals surface area contributed by atoms with E-state index in [9.17, 15) is 18.4 Å². The Hall–Kier alpha value is -3.10. The molecule has 11 heteroatoms. The number of ether oxygens (including phenoxy) is 1. The highest BCUT2D eigenvalue weighted by Gasteiger charge is 2.30. The van der Waals surface area contributed by atoms with Crippen molar-refractivity contribution in [1.82, 2.24) is 14.9 Å². The maximum atomic E-state index is 12.8. The molecule has 0 amide bonds. The van der Waals surface area contributed by atoms with Crippen molar-refractivity contribution in [2.45, 2.75) is 44.3 Å². The molecule has 1 unspecified atom stereocenters. The second-order valence-electron chi connectivity index (χ2n) is 8.65. The van der Waals surface area contributed by atoms with E-state index in [1.165, 1.54) is 6.33 Å². The van der Waals surface area contributed by atoms with Crippen LogP contribution in [0.2, 0.25) is 0 Å². The number of halogens is 3. The molecule has 2 aliphatic heterocycles. The topological polar surface area (TPSA) is 77.3 Å². The number of alkyl halides is 3. The highest BCUT2D eigenvalue weighted by atomic mass is 32.1. The lowest BCUT2D eigenvalue weighted by atomic mass is 10.0. The number of anilines is 2. The number of aromatic nitrogens is 2. The van der Waals surface area contributed by atoms with Gasteiger partial charge in [0.05, 0.1) is 17.5 Å². The van der Waals surface area contributed by atoms with Gasteiger partial charge in [-0.25, -0.2) is 9.97 Å². The summed E-state index contributed by atoms with van der Waals surface area (Å²) < 4.78 is 44.0. The summed E-state index contributed by atoms with van der Waals surface area (Å²) in [6, 6.07) is 9.93. The number of nitrogens with one attached hydrogen (secondary N) is 1. The number of nitriles is 1.